The maximum absolute atomic E-state index is 13.2. The third-order valence-corrected chi connectivity index (χ3v) is 10.0. The molecule has 0 fully saturated rings. The second-order valence-electron chi connectivity index (χ2n) is 12.7. The van der Waals surface area contributed by atoms with Crippen LogP contribution in [0.15, 0.2) is 107 Å². The Morgan fingerprint density at radius 3 is 2.40 bits per heavy atom. The lowest BCUT2D eigenvalue weighted by molar-refractivity contribution is -0.137. The number of alkyl halides is 3. The van der Waals surface area contributed by atoms with Crippen LogP contribution in [0.4, 0.5) is 18.9 Å². The standard InChI is InChI=1S/C39H39F3N6O4S/c1-47(2)36-10-5-9-35-34(36)8-6-11-37(35)53(49,50)43-23-22-31-25-48(46-45-31)24-4-3-7-28-14-19-33(20-15-28)51-26-32-27-52-38(44-32)21-16-29-12-17-30(18-13-29)39(40,41)42/h5-6,8-21,25,27,43H,3-4,7,22-24,26H2,1-2H3. The summed E-state index contributed by atoms with van der Waals surface area (Å²) in [7, 11) is 0.129. The van der Waals surface area contributed by atoms with Gasteiger partial charge in [-0.25, -0.2) is 18.1 Å². The van der Waals surface area contributed by atoms with E-state index in [0.717, 1.165) is 42.5 Å². The largest absolute Gasteiger partial charge is 0.487 e. The van der Waals surface area contributed by atoms with Crippen molar-refractivity contribution < 1.29 is 30.7 Å². The minimum Gasteiger partial charge on any atom is -0.487 e. The topological polar surface area (TPSA) is 115 Å². The van der Waals surface area contributed by atoms with Crippen molar-refractivity contribution in [3.63, 3.8) is 0 Å². The number of aryl methyl sites for hydroxylation is 2. The van der Waals surface area contributed by atoms with Gasteiger partial charge in [-0.3, -0.25) is 4.68 Å². The average Bonchev–Trinajstić information content (AvgIpc) is 3.80. The van der Waals surface area contributed by atoms with Gasteiger partial charge in [-0.15, -0.1) is 5.10 Å². The van der Waals surface area contributed by atoms with E-state index in [2.05, 4.69) is 20.0 Å². The molecular weight excluding hydrogens is 706 g/mol. The molecule has 6 rings (SSSR count). The number of ether oxygens (including phenoxy) is 1. The fourth-order valence-electron chi connectivity index (χ4n) is 5.77. The zero-order chi connectivity index (χ0) is 37.4. The number of hydrogen-bond donors (Lipinski definition) is 1. The van der Waals surface area contributed by atoms with Gasteiger partial charge in [0.1, 0.15) is 24.3 Å². The van der Waals surface area contributed by atoms with E-state index in [1.807, 2.05) is 73.7 Å². The van der Waals surface area contributed by atoms with E-state index in [4.69, 9.17) is 9.15 Å². The third kappa shape index (κ3) is 9.90. The van der Waals surface area contributed by atoms with Gasteiger partial charge < -0.3 is 14.1 Å². The highest BCUT2D eigenvalue weighted by Crippen LogP contribution is 2.31. The third-order valence-electron chi connectivity index (χ3n) is 8.53. The average molecular weight is 745 g/mol. The molecule has 10 nitrogen and oxygen atoms in total. The first-order valence-corrected chi connectivity index (χ1v) is 18.5. The summed E-state index contributed by atoms with van der Waals surface area (Å²) in [6.07, 6.45) is 5.32. The van der Waals surface area contributed by atoms with Crippen molar-refractivity contribution in [3.8, 4) is 5.75 Å². The molecule has 0 aliphatic rings. The van der Waals surface area contributed by atoms with Gasteiger partial charge in [0, 0.05) is 62.3 Å². The zero-order valence-corrected chi connectivity index (χ0v) is 30.1. The minimum atomic E-state index is -4.37. The van der Waals surface area contributed by atoms with Gasteiger partial charge in [0.2, 0.25) is 15.9 Å². The van der Waals surface area contributed by atoms with Gasteiger partial charge in [0.25, 0.3) is 0 Å². The lowest BCUT2D eigenvalue weighted by Crippen LogP contribution is -2.26. The molecule has 4 aromatic carbocycles. The number of nitrogens with one attached hydrogen (secondary N) is 1. The van der Waals surface area contributed by atoms with Crippen LogP contribution in [0.5, 0.6) is 5.75 Å². The zero-order valence-electron chi connectivity index (χ0n) is 29.3. The second-order valence-corrected chi connectivity index (χ2v) is 14.4. The summed E-state index contributed by atoms with van der Waals surface area (Å²) < 4.78 is 80.5. The Kier molecular flexibility index (Phi) is 11.6. The summed E-state index contributed by atoms with van der Waals surface area (Å²) in [4.78, 5) is 6.56. The van der Waals surface area contributed by atoms with E-state index in [0.29, 0.717) is 46.9 Å². The van der Waals surface area contributed by atoms with E-state index in [-0.39, 0.29) is 18.0 Å². The number of oxazole rings is 1. The molecule has 53 heavy (non-hydrogen) atoms. The number of halogens is 3. The Labute approximate surface area is 306 Å². The summed E-state index contributed by atoms with van der Waals surface area (Å²) in [6.45, 7) is 1.10. The lowest BCUT2D eigenvalue weighted by atomic mass is 10.1. The fourth-order valence-corrected chi connectivity index (χ4v) is 7.02. The SMILES string of the molecule is CN(C)c1cccc2c(S(=O)(=O)NCCc3cn(CCCCc4ccc(OCc5coc(C=Cc6ccc(C(F)(F)F)cc6)n5)cc4)nn3)cccc12. The van der Waals surface area contributed by atoms with Gasteiger partial charge in [-0.1, -0.05) is 53.7 Å². The number of nitrogens with zero attached hydrogens (tertiary/aromatic N) is 5. The van der Waals surface area contributed by atoms with E-state index >= 15 is 0 Å². The monoisotopic (exact) mass is 744 g/mol. The number of fused-ring (bicyclic) bond motifs is 1. The Morgan fingerprint density at radius 2 is 1.64 bits per heavy atom. The highest BCUT2D eigenvalue weighted by atomic mass is 32.2. The summed E-state index contributed by atoms with van der Waals surface area (Å²) >= 11 is 0. The quantitative estimate of drug-likeness (QED) is 0.1000. The second kappa shape index (κ2) is 16.5. The van der Waals surface area contributed by atoms with Crippen molar-refractivity contribution in [1.82, 2.24) is 24.7 Å². The molecule has 0 radical (unpaired) electrons. The minimum absolute atomic E-state index is 0.199. The van der Waals surface area contributed by atoms with E-state index in [1.54, 1.807) is 29.0 Å². The van der Waals surface area contributed by atoms with Crippen LogP contribution in [0.1, 0.15) is 46.8 Å². The Bertz CT molecular complexity index is 2270. The normalized spacial score (nSPS) is 12.2. The Balaban J connectivity index is 0.896. The van der Waals surface area contributed by atoms with Gasteiger partial charge in [0.15, 0.2) is 0 Å². The van der Waals surface area contributed by atoms with E-state index < -0.39 is 21.8 Å². The summed E-state index contributed by atoms with van der Waals surface area (Å²) in [5.74, 6) is 1.01. The molecule has 0 spiro atoms. The van der Waals surface area contributed by atoms with Crippen molar-refractivity contribution in [3.05, 3.63) is 131 Å². The first kappa shape index (κ1) is 37.3. The molecule has 0 amide bonds. The molecule has 2 aromatic heterocycles. The molecule has 0 bridgehead atoms. The number of hydrogen-bond acceptors (Lipinski definition) is 8. The maximum Gasteiger partial charge on any atom is 0.416 e. The summed E-state index contributed by atoms with van der Waals surface area (Å²) in [5, 5.41) is 9.98. The van der Waals surface area contributed by atoms with Crippen molar-refractivity contribution in [2.45, 2.75) is 49.9 Å². The molecular formula is C39H39F3N6O4S. The first-order valence-electron chi connectivity index (χ1n) is 17.0. The molecule has 2 heterocycles. The number of benzene rings is 4. The molecule has 276 valence electrons. The molecule has 0 aliphatic carbocycles. The first-order chi connectivity index (χ1) is 25.4. The molecule has 0 atom stereocenters. The van der Waals surface area contributed by atoms with Crippen LogP contribution in [0.2, 0.25) is 0 Å². The van der Waals surface area contributed by atoms with E-state index in [1.165, 1.54) is 24.0 Å². The number of unbranched alkanes of at least 4 members (excludes halogenated alkanes) is 1. The molecule has 0 saturated heterocycles. The number of aromatic nitrogens is 4. The Morgan fingerprint density at radius 1 is 0.887 bits per heavy atom. The van der Waals surface area contributed by atoms with Gasteiger partial charge in [-0.2, -0.15) is 13.2 Å². The highest BCUT2D eigenvalue weighted by molar-refractivity contribution is 7.89. The fraction of sp³-hybridized carbons (Fsp3) is 0.256. The number of sulfonamides is 1. The molecule has 1 N–H and O–H groups in total. The number of anilines is 1. The van der Waals surface area contributed by atoms with Crippen LogP contribution in [-0.4, -0.2) is 49.0 Å². The molecule has 0 unspecified atom stereocenters. The molecule has 6 aromatic rings. The smallest absolute Gasteiger partial charge is 0.416 e. The van der Waals surface area contributed by atoms with Gasteiger partial charge >= 0.3 is 6.18 Å². The van der Waals surface area contributed by atoms with Crippen LogP contribution in [0.3, 0.4) is 0 Å². The highest BCUT2D eigenvalue weighted by Gasteiger charge is 2.29. The van der Waals surface area contributed by atoms with Crippen molar-refractivity contribution in [1.29, 1.82) is 0 Å². The predicted octanol–water partition coefficient (Wildman–Crippen LogP) is 7.80. The predicted molar refractivity (Wildman–Crippen MR) is 198 cm³/mol. The van der Waals surface area contributed by atoms with Crippen LogP contribution in [0, 0.1) is 0 Å². The number of rotatable bonds is 16. The Hall–Kier alpha value is -5.47. The van der Waals surface area contributed by atoms with E-state index in [9.17, 15) is 21.6 Å². The van der Waals surface area contributed by atoms with Crippen molar-refractivity contribution in [2.24, 2.45) is 0 Å². The molecule has 14 heteroatoms. The lowest BCUT2D eigenvalue weighted by Gasteiger charge is -2.17. The molecule has 0 aliphatic heterocycles. The maximum atomic E-state index is 13.2. The van der Waals surface area contributed by atoms with Crippen LogP contribution in [0.25, 0.3) is 22.9 Å². The summed E-state index contributed by atoms with van der Waals surface area (Å²) in [5.41, 5.74) is 3.31. The van der Waals surface area contributed by atoms with Crippen LogP contribution >= 0.6 is 0 Å². The van der Waals surface area contributed by atoms with Gasteiger partial charge in [-0.05, 0) is 72.9 Å². The summed E-state index contributed by atoms with van der Waals surface area (Å²) in [6, 6.07) is 23.6. The van der Waals surface area contributed by atoms with Crippen molar-refractivity contribution >= 4 is 38.6 Å². The van der Waals surface area contributed by atoms with Crippen molar-refractivity contribution in [2.75, 3.05) is 25.5 Å². The van der Waals surface area contributed by atoms with Crippen LogP contribution < -0.4 is 14.4 Å². The van der Waals surface area contributed by atoms with Crippen LogP contribution in [-0.2, 0) is 42.2 Å². The molecule has 0 saturated carbocycles. The van der Waals surface area contributed by atoms with Gasteiger partial charge in [0.05, 0.1) is 16.2 Å².